The summed E-state index contributed by atoms with van der Waals surface area (Å²) in [6, 6.07) is 4.45. The molecule has 20 heavy (non-hydrogen) atoms. The minimum atomic E-state index is -0.621. The molecule has 1 heterocycles. The number of nitrogens with two attached hydrogens (primary N) is 1. The Bertz CT molecular complexity index is 536. The number of nitrogen functional groups attached to an aromatic ring is 1. The van der Waals surface area contributed by atoms with Crippen molar-refractivity contribution in [3.8, 4) is 0 Å². The van der Waals surface area contributed by atoms with E-state index in [-0.39, 0.29) is 18.4 Å². The molecule has 0 bridgehead atoms. The first kappa shape index (κ1) is 14.8. The van der Waals surface area contributed by atoms with Gasteiger partial charge in [0, 0.05) is 23.8 Å². The molecule has 0 aromatic heterocycles. The van der Waals surface area contributed by atoms with Gasteiger partial charge < -0.3 is 20.7 Å². The smallest absolute Gasteiger partial charge is 0.256 e. The lowest BCUT2D eigenvalue weighted by molar-refractivity contribution is -0.130. The van der Waals surface area contributed by atoms with E-state index in [1.54, 1.807) is 18.2 Å². The number of anilines is 1. The Morgan fingerprint density at radius 1 is 1.50 bits per heavy atom. The van der Waals surface area contributed by atoms with Crippen molar-refractivity contribution in [2.24, 2.45) is 0 Å². The lowest BCUT2D eigenvalue weighted by Gasteiger charge is -2.34. The van der Waals surface area contributed by atoms with Gasteiger partial charge in [-0.1, -0.05) is 15.9 Å². The maximum atomic E-state index is 12.6. The number of hydrogen-bond donors (Lipinski definition) is 2. The molecule has 0 aliphatic carbocycles. The van der Waals surface area contributed by atoms with Gasteiger partial charge in [-0.3, -0.25) is 9.59 Å². The Morgan fingerprint density at radius 3 is 2.90 bits per heavy atom. The Kier molecular flexibility index (Phi) is 4.61. The van der Waals surface area contributed by atoms with E-state index in [0.29, 0.717) is 24.4 Å². The molecule has 2 rings (SSSR count). The van der Waals surface area contributed by atoms with Gasteiger partial charge in [-0.25, -0.2) is 0 Å². The number of morpholine rings is 1. The minimum absolute atomic E-state index is 0.196. The van der Waals surface area contributed by atoms with Crippen LogP contribution in [0.1, 0.15) is 10.4 Å². The van der Waals surface area contributed by atoms with Gasteiger partial charge in [0.1, 0.15) is 6.04 Å². The first-order chi connectivity index (χ1) is 9.54. The summed E-state index contributed by atoms with van der Waals surface area (Å²) in [4.78, 5) is 25.9. The standard InChI is InChI=1S/C13H16BrN3O3/c1-16-12(18)11-7-20-5-4-17(11)13(19)9-3-2-8(14)6-10(9)15/h2-3,6,11H,4-5,7,15H2,1H3,(H,16,18). The van der Waals surface area contributed by atoms with Crippen molar-refractivity contribution >= 4 is 33.4 Å². The third-order valence-electron chi connectivity index (χ3n) is 3.18. The number of hydrogen-bond acceptors (Lipinski definition) is 4. The molecule has 0 saturated carbocycles. The molecule has 1 fully saturated rings. The van der Waals surface area contributed by atoms with Crippen LogP contribution in [0.2, 0.25) is 0 Å². The third kappa shape index (κ3) is 2.94. The zero-order chi connectivity index (χ0) is 14.7. The lowest BCUT2D eigenvalue weighted by atomic mass is 10.1. The van der Waals surface area contributed by atoms with Crippen LogP contribution in [0.5, 0.6) is 0 Å². The number of likely N-dealkylation sites (N-methyl/N-ethyl adjacent to an activating group) is 1. The number of ether oxygens (including phenoxy) is 1. The predicted octanol–water partition coefficient (Wildman–Crippen LogP) is 0.618. The quantitative estimate of drug-likeness (QED) is 0.772. The summed E-state index contributed by atoms with van der Waals surface area (Å²) in [5, 5.41) is 2.54. The van der Waals surface area contributed by atoms with Crippen LogP contribution in [0.4, 0.5) is 5.69 Å². The fourth-order valence-electron chi connectivity index (χ4n) is 2.11. The first-order valence-corrected chi connectivity index (χ1v) is 6.99. The zero-order valence-electron chi connectivity index (χ0n) is 11.1. The molecule has 1 saturated heterocycles. The summed E-state index contributed by atoms with van der Waals surface area (Å²) in [6.45, 7) is 0.976. The molecule has 7 heteroatoms. The summed E-state index contributed by atoms with van der Waals surface area (Å²) in [5.41, 5.74) is 6.65. The van der Waals surface area contributed by atoms with Crippen LogP contribution in [0.3, 0.4) is 0 Å². The number of amides is 2. The summed E-state index contributed by atoms with van der Waals surface area (Å²) in [7, 11) is 1.54. The van der Waals surface area contributed by atoms with Crippen molar-refractivity contribution in [2.45, 2.75) is 6.04 Å². The molecule has 1 aliphatic rings. The summed E-state index contributed by atoms with van der Waals surface area (Å²) in [6.07, 6.45) is 0. The second-order valence-corrected chi connectivity index (χ2v) is 5.35. The monoisotopic (exact) mass is 341 g/mol. The minimum Gasteiger partial charge on any atom is -0.398 e. The number of carbonyl (C=O) groups excluding carboxylic acids is 2. The molecule has 1 unspecified atom stereocenters. The molecule has 108 valence electrons. The van der Waals surface area contributed by atoms with Crippen molar-refractivity contribution in [2.75, 3.05) is 32.5 Å². The van der Waals surface area contributed by atoms with Crippen molar-refractivity contribution in [1.29, 1.82) is 0 Å². The molecular formula is C13H16BrN3O3. The van der Waals surface area contributed by atoms with E-state index in [1.165, 1.54) is 11.9 Å². The SMILES string of the molecule is CNC(=O)C1COCCN1C(=O)c1ccc(Br)cc1N. The van der Waals surface area contributed by atoms with E-state index in [1.807, 2.05) is 0 Å². The summed E-state index contributed by atoms with van der Waals surface area (Å²) < 4.78 is 6.08. The van der Waals surface area contributed by atoms with Crippen LogP contribution in [0.15, 0.2) is 22.7 Å². The van der Waals surface area contributed by atoms with Gasteiger partial charge >= 0.3 is 0 Å². The number of halogens is 1. The van der Waals surface area contributed by atoms with Crippen molar-refractivity contribution in [3.63, 3.8) is 0 Å². The highest BCUT2D eigenvalue weighted by molar-refractivity contribution is 9.10. The van der Waals surface area contributed by atoms with Crippen LogP contribution in [0.25, 0.3) is 0 Å². The topological polar surface area (TPSA) is 84.7 Å². The lowest BCUT2D eigenvalue weighted by Crippen LogP contribution is -2.55. The fourth-order valence-corrected chi connectivity index (χ4v) is 2.49. The van der Waals surface area contributed by atoms with E-state index in [0.717, 1.165) is 4.47 Å². The largest absolute Gasteiger partial charge is 0.398 e. The van der Waals surface area contributed by atoms with Gasteiger partial charge in [-0.2, -0.15) is 0 Å². The van der Waals surface area contributed by atoms with E-state index in [9.17, 15) is 9.59 Å². The molecule has 0 spiro atoms. The molecule has 1 aliphatic heterocycles. The molecular weight excluding hydrogens is 326 g/mol. The van der Waals surface area contributed by atoms with Crippen molar-refractivity contribution < 1.29 is 14.3 Å². The van der Waals surface area contributed by atoms with Gasteiger partial charge in [0.2, 0.25) is 5.91 Å². The molecule has 1 aromatic carbocycles. The zero-order valence-corrected chi connectivity index (χ0v) is 12.6. The highest BCUT2D eigenvalue weighted by Crippen LogP contribution is 2.21. The van der Waals surface area contributed by atoms with Crippen LogP contribution >= 0.6 is 15.9 Å². The number of nitrogens with zero attached hydrogens (tertiary/aromatic N) is 1. The van der Waals surface area contributed by atoms with Crippen LogP contribution in [0, 0.1) is 0 Å². The number of benzene rings is 1. The molecule has 1 aromatic rings. The summed E-state index contributed by atoms with van der Waals surface area (Å²) in [5.74, 6) is -0.499. The maximum Gasteiger partial charge on any atom is 0.256 e. The van der Waals surface area contributed by atoms with Gasteiger partial charge in [0.15, 0.2) is 0 Å². The highest BCUT2D eigenvalue weighted by atomic mass is 79.9. The average molecular weight is 342 g/mol. The fraction of sp³-hybridized carbons (Fsp3) is 0.385. The highest BCUT2D eigenvalue weighted by Gasteiger charge is 2.33. The van der Waals surface area contributed by atoms with E-state index < -0.39 is 6.04 Å². The predicted molar refractivity (Wildman–Crippen MR) is 78.3 cm³/mol. The molecule has 3 N–H and O–H groups in total. The van der Waals surface area contributed by atoms with Crippen molar-refractivity contribution in [3.05, 3.63) is 28.2 Å². The Balaban J connectivity index is 2.27. The van der Waals surface area contributed by atoms with Gasteiger partial charge in [-0.15, -0.1) is 0 Å². The maximum absolute atomic E-state index is 12.6. The Labute approximate surface area is 125 Å². The van der Waals surface area contributed by atoms with Gasteiger partial charge in [0.05, 0.1) is 18.8 Å². The van der Waals surface area contributed by atoms with Crippen LogP contribution in [-0.4, -0.2) is 49.6 Å². The van der Waals surface area contributed by atoms with E-state index >= 15 is 0 Å². The van der Waals surface area contributed by atoms with Crippen molar-refractivity contribution in [1.82, 2.24) is 10.2 Å². The second-order valence-electron chi connectivity index (χ2n) is 4.44. The molecule has 1 atom stereocenters. The summed E-state index contributed by atoms with van der Waals surface area (Å²) >= 11 is 3.30. The van der Waals surface area contributed by atoms with Gasteiger partial charge in [-0.05, 0) is 18.2 Å². The van der Waals surface area contributed by atoms with E-state index in [4.69, 9.17) is 10.5 Å². The van der Waals surface area contributed by atoms with E-state index in [2.05, 4.69) is 21.2 Å². The first-order valence-electron chi connectivity index (χ1n) is 6.20. The molecule has 6 nitrogen and oxygen atoms in total. The average Bonchev–Trinajstić information content (AvgIpc) is 2.46. The Morgan fingerprint density at radius 2 is 2.25 bits per heavy atom. The van der Waals surface area contributed by atoms with Crippen LogP contribution < -0.4 is 11.1 Å². The second kappa shape index (κ2) is 6.23. The normalized spacial score (nSPS) is 18.7. The third-order valence-corrected chi connectivity index (χ3v) is 3.68. The molecule has 2 amide bonds. The number of nitrogens with one attached hydrogen (secondary N) is 1. The Hall–Kier alpha value is -1.60. The number of carbonyl (C=O) groups is 2. The molecule has 0 radical (unpaired) electrons. The van der Waals surface area contributed by atoms with Crippen LogP contribution in [-0.2, 0) is 9.53 Å². The van der Waals surface area contributed by atoms with Gasteiger partial charge in [0.25, 0.3) is 5.91 Å². The number of rotatable bonds is 2.